The van der Waals surface area contributed by atoms with Crippen LogP contribution in [0.4, 0.5) is 0 Å². The maximum absolute atomic E-state index is 12.8. The van der Waals surface area contributed by atoms with E-state index in [0.717, 1.165) is 5.01 Å². The minimum Gasteiger partial charge on any atom is -0.493 e. The summed E-state index contributed by atoms with van der Waals surface area (Å²) in [5, 5.41) is 12.4. The van der Waals surface area contributed by atoms with Crippen LogP contribution in [0.5, 0.6) is 5.88 Å². The number of H-pyrrole nitrogens is 1. The molecule has 2 heterocycles. The summed E-state index contributed by atoms with van der Waals surface area (Å²) in [5.74, 6) is -1.66. The van der Waals surface area contributed by atoms with E-state index < -0.39 is 54.2 Å². The van der Waals surface area contributed by atoms with Crippen molar-refractivity contribution in [1.82, 2.24) is 20.2 Å². The van der Waals surface area contributed by atoms with E-state index in [0.29, 0.717) is 12.8 Å². The summed E-state index contributed by atoms with van der Waals surface area (Å²) < 4.78 is 65.0. The van der Waals surface area contributed by atoms with Gasteiger partial charge in [0.1, 0.15) is 11.1 Å². The highest BCUT2D eigenvalue weighted by atomic mass is 32.2. The second-order valence-electron chi connectivity index (χ2n) is 9.49. The van der Waals surface area contributed by atoms with Crippen LogP contribution in [0.1, 0.15) is 63.0 Å². The smallest absolute Gasteiger partial charge is 0.278 e. The molecule has 1 aromatic rings. The molecule has 0 radical (unpaired) electrons. The number of allylic oxidation sites excluding steroid dienone is 2. The fourth-order valence-electron chi connectivity index (χ4n) is 5.16. The first-order valence-electron chi connectivity index (χ1n) is 11.8. The number of carbonyl (C=O) groups excluding carboxylic acids is 2. The molecule has 14 nitrogen and oxygen atoms in total. The molecule has 0 bridgehead atoms. The van der Waals surface area contributed by atoms with Gasteiger partial charge in [0, 0.05) is 0 Å². The van der Waals surface area contributed by atoms with E-state index in [2.05, 4.69) is 10.5 Å². The SMILES string of the molecule is O=C1NN(C2CCC(S(=O)(=O)O)CC2)C(=O)/C1=C\C=Cc1c(O)n(C2CCC(S(=O)(=O)O)CC2)[nH]c1=O. The van der Waals surface area contributed by atoms with Gasteiger partial charge in [-0.2, -0.15) is 16.8 Å². The number of rotatable bonds is 6. The first-order chi connectivity index (χ1) is 17.3. The van der Waals surface area contributed by atoms with Crippen molar-refractivity contribution >= 4 is 38.1 Å². The minimum atomic E-state index is -4.16. The van der Waals surface area contributed by atoms with E-state index in [4.69, 9.17) is 0 Å². The number of aromatic amines is 1. The lowest BCUT2D eigenvalue weighted by Crippen LogP contribution is -2.47. The molecule has 1 saturated heterocycles. The number of aromatic hydroxyl groups is 1. The average Bonchev–Trinajstić information content (AvgIpc) is 3.28. The van der Waals surface area contributed by atoms with Gasteiger partial charge in [0.15, 0.2) is 0 Å². The van der Waals surface area contributed by atoms with E-state index in [1.165, 1.54) is 22.9 Å². The maximum atomic E-state index is 12.8. The molecule has 0 atom stereocenters. The Balaban J connectivity index is 1.43. The molecule has 4 rings (SSSR count). The standard InChI is InChI=1S/C21H28N4O10S2/c26-18-16(20(28)24(22-18)12-4-8-14(9-5-12)36(30,31)32)2-1-3-17-19(27)23-25(21(17)29)13-6-10-15(11-7-13)37(33,34)35/h1-3,12-15,28H,4-11H2,(H,22,26)(H,23,27)(H,30,31,32)(H,33,34,35)/b2-1?,17-3-. The number of aromatic nitrogens is 2. The topological polar surface area (TPSA) is 216 Å². The highest BCUT2D eigenvalue weighted by Gasteiger charge is 2.40. The number of hydrogen-bond donors (Lipinski definition) is 5. The monoisotopic (exact) mass is 560 g/mol. The molecule has 37 heavy (non-hydrogen) atoms. The third-order valence-electron chi connectivity index (χ3n) is 7.24. The van der Waals surface area contributed by atoms with Crippen LogP contribution < -0.4 is 11.0 Å². The molecule has 2 saturated carbocycles. The molecular weight excluding hydrogens is 532 g/mol. The van der Waals surface area contributed by atoms with Gasteiger partial charge in [-0.3, -0.25) is 38.7 Å². The first-order valence-corrected chi connectivity index (χ1v) is 14.8. The average molecular weight is 561 g/mol. The van der Waals surface area contributed by atoms with Gasteiger partial charge in [0.25, 0.3) is 37.6 Å². The van der Waals surface area contributed by atoms with Crippen molar-refractivity contribution in [1.29, 1.82) is 0 Å². The fraction of sp³-hybridized carbons (Fsp3) is 0.571. The van der Waals surface area contributed by atoms with Gasteiger partial charge in [0.2, 0.25) is 5.88 Å². The number of hydrogen-bond acceptors (Lipinski definition) is 8. The molecule has 0 unspecified atom stereocenters. The molecule has 2 amide bonds. The van der Waals surface area contributed by atoms with Crippen molar-refractivity contribution in [2.75, 3.05) is 0 Å². The molecule has 0 spiro atoms. The summed E-state index contributed by atoms with van der Waals surface area (Å²) in [6.07, 6.45) is 5.55. The normalized spacial score (nSPS) is 28.8. The van der Waals surface area contributed by atoms with Crippen LogP contribution in [-0.4, -0.2) is 74.2 Å². The summed E-state index contributed by atoms with van der Waals surface area (Å²) in [4.78, 5) is 37.5. The molecule has 3 fully saturated rings. The van der Waals surface area contributed by atoms with Crippen LogP contribution in [-0.2, 0) is 29.8 Å². The predicted octanol–water partition coefficient (Wildman–Crippen LogP) is 0.266. The summed E-state index contributed by atoms with van der Waals surface area (Å²) >= 11 is 0. The molecule has 3 aliphatic rings. The second-order valence-corrected chi connectivity index (χ2v) is 12.9. The Hall–Kier alpha value is -2.95. The molecular formula is C21H28N4O10S2. The number of nitrogens with zero attached hydrogens (tertiary/aromatic N) is 2. The third kappa shape index (κ3) is 5.66. The Morgan fingerprint density at radius 2 is 1.32 bits per heavy atom. The quantitative estimate of drug-likeness (QED) is 0.182. The summed E-state index contributed by atoms with van der Waals surface area (Å²) in [6.45, 7) is 0. The molecule has 0 aromatic carbocycles. The lowest BCUT2D eigenvalue weighted by atomic mass is 9.94. The number of nitrogens with one attached hydrogen (secondary N) is 2. The summed E-state index contributed by atoms with van der Waals surface area (Å²) in [5.41, 5.74) is 1.52. The zero-order chi connectivity index (χ0) is 27.1. The van der Waals surface area contributed by atoms with Crippen molar-refractivity contribution in [3.63, 3.8) is 0 Å². The Kier molecular flexibility index (Phi) is 7.38. The van der Waals surface area contributed by atoms with Crippen LogP contribution in [0.25, 0.3) is 6.08 Å². The van der Waals surface area contributed by atoms with Crippen molar-refractivity contribution in [2.45, 2.75) is 74.0 Å². The Labute approximate surface area is 212 Å². The lowest BCUT2D eigenvalue weighted by molar-refractivity contribution is -0.131. The molecule has 1 aliphatic heterocycles. The zero-order valence-corrected chi connectivity index (χ0v) is 21.2. The van der Waals surface area contributed by atoms with Gasteiger partial charge >= 0.3 is 0 Å². The number of amides is 2. The second kappa shape index (κ2) is 10.1. The van der Waals surface area contributed by atoms with Crippen LogP contribution in [0.2, 0.25) is 0 Å². The maximum Gasteiger partial charge on any atom is 0.278 e. The molecule has 5 N–H and O–H groups in total. The third-order valence-corrected chi connectivity index (χ3v) is 9.87. The van der Waals surface area contributed by atoms with Gasteiger partial charge in [-0.15, -0.1) is 0 Å². The van der Waals surface area contributed by atoms with Crippen molar-refractivity contribution in [2.24, 2.45) is 0 Å². The van der Waals surface area contributed by atoms with Crippen LogP contribution in [0.3, 0.4) is 0 Å². The highest BCUT2D eigenvalue weighted by molar-refractivity contribution is 7.86. The van der Waals surface area contributed by atoms with E-state index in [9.17, 15) is 45.4 Å². The van der Waals surface area contributed by atoms with E-state index in [-0.39, 0.29) is 61.6 Å². The molecule has 2 aliphatic carbocycles. The lowest BCUT2D eigenvalue weighted by Gasteiger charge is -2.32. The van der Waals surface area contributed by atoms with E-state index in [1.807, 2.05) is 0 Å². The molecule has 16 heteroatoms. The Bertz CT molecular complexity index is 1410. The van der Waals surface area contributed by atoms with Crippen molar-refractivity contribution in [3.05, 3.63) is 33.6 Å². The van der Waals surface area contributed by atoms with Crippen molar-refractivity contribution < 1.29 is 40.6 Å². The largest absolute Gasteiger partial charge is 0.493 e. The van der Waals surface area contributed by atoms with Crippen LogP contribution in [0, 0.1) is 0 Å². The van der Waals surface area contributed by atoms with E-state index in [1.54, 1.807) is 0 Å². The molecule has 1 aromatic heterocycles. The van der Waals surface area contributed by atoms with Crippen LogP contribution >= 0.6 is 0 Å². The van der Waals surface area contributed by atoms with Crippen LogP contribution in [0.15, 0.2) is 22.5 Å². The van der Waals surface area contributed by atoms with E-state index >= 15 is 0 Å². The van der Waals surface area contributed by atoms with Gasteiger partial charge in [-0.25, -0.2) is 5.01 Å². The molecule has 204 valence electrons. The van der Waals surface area contributed by atoms with Gasteiger partial charge < -0.3 is 5.11 Å². The van der Waals surface area contributed by atoms with Gasteiger partial charge in [0.05, 0.1) is 22.6 Å². The Morgan fingerprint density at radius 3 is 1.84 bits per heavy atom. The van der Waals surface area contributed by atoms with Gasteiger partial charge in [-0.1, -0.05) is 6.08 Å². The fourth-order valence-corrected chi connectivity index (χ4v) is 6.90. The van der Waals surface area contributed by atoms with Crippen molar-refractivity contribution in [3.8, 4) is 5.88 Å². The Morgan fingerprint density at radius 1 is 0.811 bits per heavy atom. The van der Waals surface area contributed by atoms with Gasteiger partial charge in [-0.05, 0) is 63.5 Å². The summed E-state index contributed by atoms with van der Waals surface area (Å²) in [7, 11) is -8.32. The minimum absolute atomic E-state index is 0.111. The highest BCUT2D eigenvalue weighted by Crippen LogP contribution is 2.34. The first kappa shape index (κ1) is 27.1. The number of carbonyl (C=O) groups is 2. The zero-order valence-electron chi connectivity index (χ0n) is 19.6. The summed E-state index contributed by atoms with van der Waals surface area (Å²) in [6, 6.07) is -0.806. The number of hydrazine groups is 1. The predicted molar refractivity (Wildman–Crippen MR) is 129 cm³/mol.